The minimum Gasteiger partial charge on any atom is -0.357 e. The highest BCUT2D eigenvalue weighted by Gasteiger charge is 2.29. The number of aliphatic imine (C=N–C) groups is 1. The largest absolute Gasteiger partial charge is 0.357 e. The minimum atomic E-state index is -3.40. The zero-order valence-corrected chi connectivity index (χ0v) is 19.4. The summed E-state index contributed by atoms with van der Waals surface area (Å²) in [5.41, 5.74) is 0. The van der Waals surface area contributed by atoms with E-state index >= 15 is 0 Å². The Morgan fingerprint density at radius 1 is 1.36 bits per heavy atom. The Morgan fingerprint density at radius 3 is 2.76 bits per heavy atom. The molecule has 1 saturated heterocycles. The van der Waals surface area contributed by atoms with Gasteiger partial charge in [-0.3, -0.25) is 4.99 Å². The molecule has 0 aromatic carbocycles. The van der Waals surface area contributed by atoms with Gasteiger partial charge >= 0.3 is 0 Å². The van der Waals surface area contributed by atoms with Gasteiger partial charge in [-0.2, -0.15) is 11.8 Å². The molecule has 0 radical (unpaired) electrons. The van der Waals surface area contributed by atoms with E-state index in [1.807, 2.05) is 18.7 Å². The van der Waals surface area contributed by atoms with Gasteiger partial charge < -0.3 is 10.6 Å². The third-order valence-electron chi connectivity index (χ3n) is 3.69. The van der Waals surface area contributed by atoms with E-state index in [9.17, 15) is 8.42 Å². The smallest absolute Gasteiger partial charge is 0.250 e. The van der Waals surface area contributed by atoms with Gasteiger partial charge in [0.25, 0.3) is 0 Å². The van der Waals surface area contributed by atoms with Gasteiger partial charge in [-0.1, -0.05) is 6.07 Å². The lowest BCUT2D eigenvalue weighted by Crippen LogP contribution is -2.42. The number of halogens is 1. The van der Waals surface area contributed by atoms with Gasteiger partial charge in [0.15, 0.2) is 5.96 Å². The van der Waals surface area contributed by atoms with E-state index < -0.39 is 10.0 Å². The molecule has 6 nitrogen and oxygen atoms in total. The molecule has 1 aliphatic rings. The van der Waals surface area contributed by atoms with Crippen LogP contribution in [0.15, 0.2) is 26.7 Å². The fourth-order valence-electron chi connectivity index (χ4n) is 2.40. The van der Waals surface area contributed by atoms with Crippen molar-refractivity contribution in [3.63, 3.8) is 0 Å². The number of rotatable bonds is 8. The van der Waals surface area contributed by atoms with Gasteiger partial charge in [0.05, 0.1) is 6.54 Å². The van der Waals surface area contributed by atoms with Crippen molar-refractivity contribution in [1.29, 1.82) is 0 Å². The maximum absolute atomic E-state index is 12.0. The van der Waals surface area contributed by atoms with Crippen molar-refractivity contribution in [3.05, 3.63) is 17.5 Å². The topological polar surface area (TPSA) is 82.6 Å². The first kappa shape index (κ1) is 23.0. The van der Waals surface area contributed by atoms with Crippen LogP contribution in [-0.4, -0.2) is 51.1 Å². The Kier molecular flexibility index (Phi) is 10.1. The van der Waals surface area contributed by atoms with Crippen LogP contribution in [0.2, 0.25) is 0 Å². The molecule has 144 valence electrons. The Balaban J connectivity index is 0.00000312. The second-order valence-electron chi connectivity index (χ2n) is 5.85. The highest BCUT2D eigenvalue weighted by molar-refractivity contribution is 14.0. The number of thioether (sulfide) groups is 1. The number of nitrogens with zero attached hydrogens (tertiary/aromatic N) is 1. The average molecular weight is 519 g/mol. The summed E-state index contributed by atoms with van der Waals surface area (Å²) in [5.74, 6) is 1.95. The Hall–Kier alpha value is -0.0400. The lowest BCUT2D eigenvalue weighted by Gasteiger charge is -2.21. The molecule has 1 aromatic rings. The number of hydrogen-bond acceptors (Lipinski definition) is 5. The summed E-state index contributed by atoms with van der Waals surface area (Å²) in [5, 5.41) is 8.14. The molecule has 0 saturated carbocycles. The second kappa shape index (κ2) is 11.0. The maximum atomic E-state index is 12.0. The van der Waals surface area contributed by atoms with E-state index in [1.165, 1.54) is 29.9 Å². The van der Waals surface area contributed by atoms with Gasteiger partial charge in [-0.25, -0.2) is 13.1 Å². The number of nitrogens with one attached hydrogen (secondary N) is 3. The van der Waals surface area contributed by atoms with Crippen molar-refractivity contribution in [3.8, 4) is 0 Å². The van der Waals surface area contributed by atoms with Gasteiger partial charge in [-0.15, -0.1) is 35.3 Å². The predicted molar refractivity (Wildman–Crippen MR) is 119 cm³/mol. The highest BCUT2D eigenvalue weighted by Crippen LogP contribution is 2.37. The molecule has 1 fully saturated rings. The molecule has 1 aliphatic heterocycles. The third-order valence-corrected chi connectivity index (χ3v) is 8.07. The second-order valence-corrected chi connectivity index (χ2v) is 10.5. The SMILES string of the molecule is CCNC(=NCC1(C)CCCS1)NCCNS(=O)(=O)c1cccs1.I. The molecule has 0 amide bonds. The molecular formula is C15H27IN4O2S3. The van der Waals surface area contributed by atoms with Crippen LogP contribution in [0.25, 0.3) is 0 Å². The molecule has 2 heterocycles. The minimum absolute atomic E-state index is 0. The third kappa shape index (κ3) is 7.61. The summed E-state index contributed by atoms with van der Waals surface area (Å²) >= 11 is 3.20. The van der Waals surface area contributed by atoms with Crippen LogP contribution in [0.5, 0.6) is 0 Å². The van der Waals surface area contributed by atoms with Crippen LogP contribution in [0.3, 0.4) is 0 Å². The molecule has 0 spiro atoms. The first-order valence-corrected chi connectivity index (χ1v) is 11.5. The monoisotopic (exact) mass is 518 g/mol. The average Bonchev–Trinajstić information content (AvgIpc) is 3.21. The fraction of sp³-hybridized carbons (Fsp3) is 0.667. The molecule has 3 N–H and O–H groups in total. The Bertz CT molecular complexity index is 629. The summed E-state index contributed by atoms with van der Waals surface area (Å²) in [6.07, 6.45) is 2.45. The van der Waals surface area contributed by atoms with E-state index in [-0.39, 0.29) is 28.7 Å². The van der Waals surface area contributed by atoms with Crippen LogP contribution in [-0.2, 0) is 10.0 Å². The van der Waals surface area contributed by atoms with E-state index in [2.05, 4.69) is 27.3 Å². The van der Waals surface area contributed by atoms with Crippen molar-refractivity contribution in [2.45, 2.75) is 35.6 Å². The van der Waals surface area contributed by atoms with Crippen molar-refractivity contribution in [2.24, 2.45) is 4.99 Å². The number of hydrogen-bond donors (Lipinski definition) is 3. The molecular weight excluding hydrogens is 491 g/mol. The summed E-state index contributed by atoms with van der Waals surface area (Å²) in [7, 11) is -3.40. The molecule has 1 aromatic heterocycles. The van der Waals surface area contributed by atoms with Crippen molar-refractivity contribution in [1.82, 2.24) is 15.4 Å². The fourth-order valence-corrected chi connectivity index (χ4v) is 5.70. The number of guanidine groups is 1. The van der Waals surface area contributed by atoms with E-state index in [0.29, 0.717) is 17.3 Å². The van der Waals surface area contributed by atoms with Crippen molar-refractivity contribution >= 4 is 63.1 Å². The molecule has 25 heavy (non-hydrogen) atoms. The maximum Gasteiger partial charge on any atom is 0.250 e. The quantitative estimate of drug-likeness (QED) is 0.213. The molecule has 1 atom stereocenters. The summed E-state index contributed by atoms with van der Waals surface area (Å²) in [6.45, 7) is 6.62. The van der Waals surface area contributed by atoms with Crippen LogP contribution in [0.1, 0.15) is 26.7 Å². The molecule has 0 aliphatic carbocycles. The van der Waals surface area contributed by atoms with E-state index in [1.54, 1.807) is 17.5 Å². The zero-order valence-electron chi connectivity index (χ0n) is 14.6. The van der Waals surface area contributed by atoms with E-state index in [4.69, 9.17) is 0 Å². The number of sulfonamides is 1. The number of thiophene rings is 1. The molecule has 2 rings (SSSR count). The summed E-state index contributed by atoms with van der Waals surface area (Å²) in [4.78, 5) is 4.65. The van der Waals surface area contributed by atoms with Crippen LogP contribution in [0.4, 0.5) is 0 Å². The van der Waals surface area contributed by atoms with Crippen molar-refractivity contribution in [2.75, 3.05) is 31.9 Å². The summed E-state index contributed by atoms with van der Waals surface area (Å²) < 4.78 is 27.2. The predicted octanol–water partition coefficient (Wildman–Crippen LogP) is 2.49. The first-order chi connectivity index (χ1) is 11.5. The Morgan fingerprint density at radius 2 is 2.16 bits per heavy atom. The lowest BCUT2D eigenvalue weighted by atomic mass is 10.1. The zero-order chi connectivity index (χ0) is 17.5. The Labute approximate surface area is 176 Å². The summed E-state index contributed by atoms with van der Waals surface area (Å²) in [6, 6.07) is 3.33. The standard InChI is InChI=1S/C15H26N4O2S3.HI/c1-3-16-14(18-12-15(2)7-5-11-23-15)17-8-9-19-24(20,21)13-6-4-10-22-13;/h4,6,10,19H,3,5,7-9,11-12H2,1-2H3,(H2,16,17,18);1H. The van der Waals surface area contributed by atoms with Crippen molar-refractivity contribution < 1.29 is 8.42 Å². The van der Waals surface area contributed by atoms with Gasteiger partial charge in [0.1, 0.15) is 4.21 Å². The molecule has 1 unspecified atom stereocenters. The molecule has 0 bridgehead atoms. The van der Waals surface area contributed by atoms with Gasteiger partial charge in [-0.05, 0) is 43.9 Å². The highest BCUT2D eigenvalue weighted by atomic mass is 127. The van der Waals surface area contributed by atoms with Crippen LogP contribution in [0, 0.1) is 0 Å². The van der Waals surface area contributed by atoms with Crippen LogP contribution >= 0.6 is 47.1 Å². The lowest BCUT2D eigenvalue weighted by molar-refractivity contribution is 0.582. The van der Waals surface area contributed by atoms with Gasteiger partial charge in [0, 0.05) is 24.4 Å². The first-order valence-electron chi connectivity index (χ1n) is 8.14. The van der Waals surface area contributed by atoms with Crippen LogP contribution < -0.4 is 15.4 Å². The van der Waals surface area contributed by atoms with Gasteiger partial charge in [0.2, 0.25) is 10.0 Å². The molecule has 10 heteroatoms. The van der Waals surface area contributed by atoms with E-state index in [0.717, 1.165) is 19.0 Å². The normalized spacial score (nSPS) is 21.0.